The van der Waals surface area contributed by atoms with Crippen molar-refractivity contribution in [2.75, 3.05) is 20.3 Å². The van der Waals surface area contributed by atoms with Gasteiger partial charge in [-0.25, -0.2) is 0 Å². The number of carbonyl (C=O) groups excluding carboxylic acids is 1. The van der Waals surface area contributed by atoms with Crippen molar-refractivity contribution in [2.24, 2.45) is 0 Å². The minimum absolute atomic E-state index is 0.0255. The summed E-state index contributed by atoms with van der Waals surface area (Å²) in [6.45, 7) is 10.5. The van der Waals surface area contributed by atoms with Crippen molar-refractivity contribution in [3.05, 3.63) is 12.7 Å². The van der Waals surface area contributed by atoms with Gasteiger partial charge in [0.25, 0.3) is 0 Å². The van der Waals surface area contributed by atoms with E-state index in [2.05, 4.69) is 11.3 Å². The van der Waals surface area contributed by atoms with Crippen LogP contribution >= 0.6 is 0 Å². The Balaban J connectivity index is -0.000000181. The summed E-state index contributed by atoms with van der Waals surface area (Å²) in [5, 5.41) is 16.9. The van der Waals surface area contributed by atoms with Gasteiger partial charge >= 0.3 is 0 Å². The molecule has 0 radical (unpaired) electrons. The quantitative estimate of drug-likeness (QED) is 0.724. The molecule has 0 aliphatic carbocycles. The first-order valence-corrected chi connectivity index (χ1v) is 5.13. The fourth-order valence-electron chi connectivity index (χ4n) is 0.701. The zero-order chi connectivity index (χ0) is 13.6. The predicted octanol–water partition coefficient (Wildman–Crippen LogP) is 1.55. The van der Waals surface area contributed by atoms with Gasteiger partial charge in [-0.3, -0.25) is 4.79 Å². The first-order chi connectivity index (χ1) is 7.24. The highest BCUT2D eigenvalue weighted by molar-refractivity contribution is 5.76. The molecule has 0 saturated carbocycles. The van der Waals surface area contributed by atoms with Crippen LogP contribution in [-0.4, -0.2) is 41.9 Å². The summed E-state index contributed by atoms with van der Waals surface area (Å²) in [7, 11) is 1.55. The number of Topliss-reactive ketones (excluding diaryl/α,β-unsaturated/α-hetero) is 1. The third kappa shape index (κ3) is 50.7. The van der Waals surface area contributed by atoms with Crippen LogP contribution in [-0.2, 0) is 9.53 Å². The average Bonchev–Trinajstić information content (AvgIpc) is 2.02. The lowest BCUT2D eigenvalue weighted by atomic mass is 10.0. The fourth-order valence-corrected chi connectivity index (χ4v) is 0.701. The van der Waals surface area contributed by atoms with Gasteiger partial charge < -0.3 is 14.9 Å². The van der Waals surface area contributed by atoms with Crippen molar-refractivity contribution in [3.63, 3.8) is 0 Å². The smallest absolute Gasteiger partial charge is 0.132 e. The van der Waals surface area contributed by atoms with E-state index in [0.717, 1.165) is 0 Å². The predicted molar refractivity (Wildman–Crippen MR) is 66.4 cm³/mol. The lowest BCUT2D eigenvalue weighted by Crippen LogP contribution is -2.21. The summed E-state index contributed by atoms with van der Waals surface area (Å²) in [6, 6.07) is 0. The molecule has 0 unspecified atom stereocenters. The summed E-state index contributed by atoms with van der Waals surface area (Å²) in [5.74, 6) is 0.0255. The first kappa shape index (κ1) is 20.7. The maximum Gasteiger partial charge on any atom is 0.132 e. The van der Waals surface area contributed by atoms with E-state index in [-0.39, 0.29) is 18.8 Å². The Morgan fingerprint density at radius 2 is 1.88 bits per heavy atom. The number of rotatable bonds is 4. The van der Waals surface area contributed by atoms with Crippen LogP contribution in [0.1, 0.15) is 34.1 Å². The molecule has 0 heterocycles. The van der Waals surface area contributed by atoms with Crippen molar-refractivity contribution < 1.29 is 19.7 Å². The Bertz CT molecular complexity index is 157. The SMILES string of the molecule is C=CC.CC(=O)CC(C)(C)O.COCCO. The van der Waals surface area contributed by atoms with Crippen molar-refractivity contribution in [1.82, 2.24) is 0 Å². The Morgan fingerprint density at radius 3 is 1.88 bits per heavy atom. The van der Waals surface area contributed by atoms with Gasteiger partial charge in [-0.1, -0.05) is 6.08 Å². The van der Waals surface area contributed by atoms with Crippen LogP contribution in [0.15, 0.2) is 12.7 Å². The van der Waals surface area contributed by atoms with E-state index < -0.39 is 5.60 Å². The van der Waals surface area contributed by atoms with Crippen LogP contribution in [0, 0.1) is 0 Å². The standard InChI is InChI=1S/C6H12O2.C3H8O2.C3H6/c1-5(7)4-6(2,3)8;1-5-3-2-4;1-3-2/h8H,4H2,1-3H3;4H,2-3H2,1H3;3H,1H2,2H3. The normalized spacial score (nSPS) is 9.19. The molecule has 0 spiro atoms. The van der Waals surface area contributed by atoms with Crippen molar-refractivity contribution in [2.45, 2.75) is 39.7 Å². The van der Waals surface area contributed by atoms with Gasteiger partial charge in [-0.15, -0.1) is 6.58 Å². The molecule has 0 aliphatic rings. The summed E-state index contributed by atoms with van der Waals surface area (Å²) < 4.78 is 4.44. The maximum atomic E-state index is 10.3. The number of hydrogen-bond donors (Lipinski definition) is 2. The molecule has 0 fully saturated rings. The second-order valence-electron chi connectivity index (χ2n) is 3.82. The second-order valence-corrected chi connectivity index (χ2v) is 3.82. The van der Waals surface area contributed by atoms with E-state index in [1.54, 1.807) is 27.0 Å². The van der Waals surface area contributed by atoms with Crippen LogP contribution in [0.3, 0.4) is 0 Å². The number of aliphatic hydroxyl groups is 2. The Kier molecular flexibility index (Phi) is 18.5. The van der Waals surface area contributed by atoms with Crippen LogP contribution in [0.2, 0.25) is 0 Å². The van der Waals surface area contributed by atoms with Gasteiger partial charge in [0.2, 0.25) is 0 Å². The van der Waals surface area contributed by atoms with Crippen LogP contribution < -0.4 is 0 Å². The third-order valence-electron chi connectivity index (χ3n) is 0.977. The summed E-state index contributed by atoms with van der Waals surface area (Å²) in [4.78, 5) is 10.3. The monoisotopic (exact) mass is 234 g/mol. The minimum atomic E-state index is -0.828. The number of ketones is 1. The first-order valence-electron chi connectivity index (χ1n) is 5.13. The molecule has 98 valence electrons. The fraction of sp³-hybridized carbons (Fsp3) is 0.750. The van der Waals surface area contributed by atoms with Crippen molar-refractivity contribution in [1.29, 1.82) is 0 Å². The molecule has 0 atom stereocenters. The number of methoxy groups -OCH3 is 1. The highest BCUT2D eigenvalue weighted by Gasteiger charge is 2.13. The molecular weight excluding hydrogens is 208 g/mol. The molecule has 0 aromatic carbocycles. The molecule has 4 heteroatoms. The molecular formula is C12H26O4. The molecule has 0 aliphatic heterocycles. The van der Waals surface area contributed by atoms with E-state index in [9.17, 15) is 4.79 Å². The highest BCUT2D eigenvalue weighted by atomic mass is 16.5. The van der Waals surface area contributed by atoms with E-state index in [4.69, 9.17) is 10.2 Å². The zero-order valence-electron chi connectivity index (χ0n) is 11.1. The second kappa shape index (κ2) is 14.3. The summed E-state index contributed by atoms with van der Waals surface area (Å²) >= 11 is 0. The highest BCUT2D eigenvalue weighted by Crippen LogP contribution is 2.06. The van der Waals surface area contributed by atoms with Crippen LogP contribution in [0.25, 0.3) is 0 Å². The number of hydrogen-bond acceptors (Lipinski definition) is 4. The van der Waals surface area contributed by atoms with E-state index in [1.165, 1.54) is 6.92 Å². The largest absolute Gasteiger partial charge is 0.394 e. The Hall–Kier alpha value is -0.710. The molecule has 0 saturated heterocycles. The summed E-state index contributed by atoms with van der Waals surface area (Å²) in [5.41, 5.74) is -0.828. The lowest BCUT2D eigenvalue weighted by Gasteiger charge is -2.13. The topological polar surface area (TPSA) is 66.8 Å². The lowest BCUT2D eigenvalue weighted by molar-refractivity contribution is -0.120. The minimum Gasteiger partial charge on any atom is -0.394 e. The number of ether oxygens (including phenoxy) is 1. The van der Waals surface area contributed by atoms with Crippen molar-refractivity contribution >= 4 is 5.78 Å². The van der Waals surface area contributed by atoms with Gasteiger partial charge in [0.05, 0.1) is 18.8 Å². The molecule has 16 heavy (non-hydrogen) atoms. The van der Waals surface area contributed by atoms with Gasteiger partial charge in [-0.2, -0.15) is 0 Å². The van der Waals surface area contributed by atoms with Crippen LogP contribution in [0.4, 0.5) is 0 Å². The number of allylic oxidation sites excluding steroid dienone is 1. The Labute approximate surface area is 98.9 Å². The van der Waals surface area contributed by atoms with E-state index in [1.807, 2.05) is 6.92 Å². The van der Waals surface area contributed by atoms with Gasteiger partial charge in [0, 0.05) is 13.5 Å². The molecule has 0 aromatic rings. The number of carbonyl (C=O) groups is 1. The molecule has 2 N–H and O–H groups in total. The van der Waals surface area contributed by atoms with Crippen LogP contribution in [0.5, 0.6) is 0 Å². The third-order valence-corrected chi connectivity index (χ3v) is 0.977. The Morgan fingerprint density at radius 1 is 1.50 bits per heavy atom. The van der Waals surface area contributed by atoms with E-state index >= 15 is 0 Å². The summed E-state index contributed by atoms with van der Waals surface area (Å²) in [6.07, 6.45) is 1.99. The molecule has 0 bridgehead atoms. The molecule has 0 amide bonds. The maximum absolute atomic E-state index is 10.3. The molecule has 0 aromatic heterocycles. The van der Waals surface area contributed by atoms with E-state index in [0.29, 0.717) is 6.61 Å². The zero-order valence-corrected chi connectivity index (χ0v) is 11.1. The molecule has 4 nitrogen and oxygen atoms in total. The molecule has 0 rings (SSSR count). The van der Waals surface area contributed by atoms with Gasteiger partial charge in [0.15, 0.2) is 0 Å². The average molecular weight is 234 g/mol. The van der Waals surface area contributed by atoms with Gasteiger partial charge in [0.1, 0.15) is 5.78 Å². The van der Waals surface area contributed by atoms with Gasteiger partial charge in [-0.05, 0) is 27.7 Å². The number of aliphatic hydroxyl groups excluding tert-OH is 1. The van der Waals surface area contributed by atoms with Crippen molar-refractivity contribution in [3.8, 4) is 0 Å².